The van der Waals surface area contributed by atoms with Crippen molar-refractivity contribution in [2.24, 2.45) is 0 Å². The van der Waals surface area contributed by atoms with E-state index in [1.54, 1.807) is 0 Å². The molecule has 0 aliphatic rings. The molecule has 0 spiro atoms. The van der Waals surface area contributed by atoms with Gasteiger partial charge < -0.3 is 15.9 Å². The molecule has 0 saturated carbocycles. The molecule has 0 bridgehead atoms. The monoisotopic (exact) mass is 202 g/mol. The lowest BCUT2D eigenvalue weighted by Crippen LogP contribution is -2.19. The lowest BCUT2D eigenvalue weighted by molar-refractivity contribution is 0.342. The molecule has 0 fully saturated rings. The molecule has 0 aliphatic carbocycles. The van der Waals surface area contributed by atoms with E-state index in [1.165, 1.54) is 11.5 Å². The zero-order valence-corrected chi connectivity index (χ0v) is 8.81. The zero-order valence-electron chi connectivity index (χ0n) is 8.00. The van der Waals surface area contributed by atoms with Gasteiger partial charge in [0.05, 0.1) is 6.61 Å². The third kappa shape index (κ3) is 2.46. The Morgan fingerprint density at radius 3 is 2.85 bits per heavy atom. The van der Waals surface area contributed by atoms with Gasteiger partial charge >= 0.3 is 0 Å². The summed E-state index contributed by atoms with van der Waals surface area (Å²) in [6.07, 6.45) is 0. The average Bonchev–Trinajstić information content (AvgIpc) is 2.35. The van der Waals surface area contributed by atoms with Crippen molar-refractivity contribution in [2.45, 2.75) is 6.92 Å². The number of nitrogens with zero attached hydrogens (tertiary/aromatic N) is 2. The maximum absolute atomic E-state index is 5.62. The highest BCUT2D eigenvalue weighted by molar-refractivity contribution is 7.11. The summed E-state index contributed by atoms with van der Waals surface area (Å²) in [6, 6.07) is 0. The zero-order chi connectivity index (χ0) is 9.84. The van der Waals surface area contributed by atoms with Gasteiger partial charge in [-0.25, -0.2) is 5.01 Å². The van der Waals surface area contributed by atoms with Crippen molar-refractivity contribution >= 4 is 22.4 Å². The largest absolute Gasteiger partial charge is 0.487 e. The molecule has 3 N–H and O–H groups in total. The Balaban J connectivity index is 2.80. The third-order valence-electron chi connectivity index (χ3n) is 1.29. The molecule has 0 aliphatic heterocycles. The van der Waals surface area contributed by atoms with E-state index >= 15 is 0 Å². The molecule has 5 nitrogen and oxygen atoms in total. The second kappa shape index (κ2) is 4.29. The highest BCUT2D eigenvalue weighted by Gasteiger charge is 2.12. The van der Waals surface area contributed by atoms with Crippen LogP contribution in [0.4, 0.5) is 10.8 Å². The van der Waals surface area contributed by atoms with E-state index in [4.69, 9.17) is 10.5 Å². The number of anilines is 2. The number of nitrogens with one attached hydrogen (secondary N) is 1. The summed E-state index contributed by atoms with van der Waals surface area (Å²) >= 11 is 1.29. The summed E-state index contributed by atoms with van der Waals surface area (Å²) in [4.78, 5) is 0. The predicted octanol–water partition coefficient (Wildman–Crippen LogP) is 1.01. The molecule has 13 heavy (non-hydrogen) atoms. The molecule has 1 heterocycles. The van der Waals surface area contributed by atoms with Gasteiger partial charge in [0.2, 0.25) is 0 Å². The Bertz CT molecular complexity index is 273. The minimum Gasteiger partial charge on any atom is -0.487 e. The quantitative estimate of drug-likeness (QED) is 0.713. The van der Waals surface area contributed by atoms with Gasteiger partial charge in [-0.3, -0.25) is 0 Å². The van der Waals surface area contributed by atoms with E-state index in [0.717, 1.165) is 5.00 Å². The lowest BCUT2D eigenvalue weighted by atomic mass is 10.5. The summed E-state index contributed by atoms with van der Waals surface area (Å²) in [5.74, 6) is 1.08. The summed E-state index contributed by atoms with van der Waals surface area (Å²) in [5, 5.41) is 2.65. The van der Waals surface area contributed by atoms with Gasteiger partial charge in [0.25, 0.3) is 0 Å². The fourth-order valence-electron chi connectivity index (χ4n) is 0.852. The van der Waals surface area contributed by atoms with Crippen molar-refractivity contribution in [3.8, 4) is 5.75 Å². The SMILES string of the molecule is CCOc1c(N)nsc1NN(C)C. The second-order valence-corrected chi connectivity index (χ2v) is 3.44. The van der Waals surface area contributed by atoms with Crippen molar-refractivity contribution in [2.75, 3.05) is 31.9 Å². The van der Waals surface area contributed by atoms with Crippen LogP contribution in [0.25, 0.3) is 0 Å². The lowest BCUT2D eigenvalue weighted by Gasteiger charge is -2.12. The van der Waals surface area contributed by atoms with Gasteiger partial charge in [-0.15, -0.1) is 0 Å². The van der Waals surface area contributed by atoms with E-state index in [0.29, 0.717) is 18.2 Å². The fraction of sp³-hybridized carbons (Fsp3) is 0.571. The van der Waals surface area contributed by atoms with Crippen LogP contribution >= 0.6 is 11.5 Å². The van der Waals surface area contributed by atoms with Gasteiger partial charge in [-0.05, 0) is 18.5 Å². The number of hydrogen-bond donors (Lipinski definition) is 2. The maximum Gasteiger partial charge on any atom is 0.198 e. The highest BCUT2D eigenvalue weighted by atomic mass is 32.1. The Labute approximate surface area is 81.6 Å². The second-order valence-electron chi connectivity index (χ2n) is 2.67. The Hall–Kier alpha value is -1.01. The first-order chi connectivity index (χ1) is 6.15. The Morgan fingerprint density at radius 2 is 2.31 bits per heavy atom. The van der Waals surface area contributed by atoms with Crippen LogP contribution in [0.2, 0.25) is 0 Å². The van der Waals surface area contributed by atoms with Crippen LogP contribution < -0.4 is 15.9 Å². The van der Waals surface area contributed by atoms with Crippen molar-refractivity contribution in [3.05, 3.63) is 0 Å². The van der Waals surface area contributed by atoms with E-state index in [-0.39, 0.29) is 0 Å². The number of hydrogen-bond acceptors (Lipinski definition) is 6. The van der Waals surface area contributed by atoms with Crippen LogP contribution in [0.1, 0.15) is 6.92 Å². The van der Waals surface area contributed by atoms with Crippen molar-refractivity contribution in [1.29, 1.82) is 0 Å². The molecule has 1 rings (SSSR count). The molecule has 0 unspecified atom stereocenters. The van der Waals surface area contributed by atoms with Crippen molar-refractivity contribution in [1.82, 2.24) is 9.38 Å². The molecule has 0 aromatic carbocycles. The molecular formula is C7H14N4OS. The van der Waals surface area contributed by atoms with Crippen LogP contribution in [-0.4, -0.2) is 30.1 Å². The summed E-state index contributed by atoms with van der Waals surface area (Å²) in [5.41, 5.74) is 8.68. The summed E-state index contributed by atoms with van der Waals surface area (Å²) < 4.78 is 9.34. The first-order valence-corrected chi connectivity index (χ1v) is 4.74. The normalized spacial score (nSPS) is 10.5. The molecule has 74 valence electrons. The topological polar surface area (TPSA) is 63.4 Å². The molecule has 0 atom stereocenters. The molecule has 0 amide bonds. The number of nitrogens with two attached hydrogens (primary N) is 1. The molecule has 0 saturated heterocycles. The highest BCUT2D eigenvalue weighted by Crippen LogP contribution is 2.34. The van der Waals surface area contributed by atoms with Gasteiger partial charge in [0.15, 0.2) is 16.6 Å². The van der Waals surface area contributed by atoms with Crippen molar-refractivity contribution < 1.29 is 4.74 Å². The third-order valence-corrected chi connectivity index (χ3v) is 2.04. The smallest absolute Gasteiger partial charge is 0.198 e. The minimum atomic E-state index is 0.441. The molecule has 0 radical (unpaired) electrons. The number of nitrogen functional groups attached to an aromatic ring is 1. The number of ether oxygens (including phenoxy) is 1. The molecule has 6 heteroatoms. The van der Waals surface area contributed by atoms with Gasteiger partial charge in [-0.2, -0.15) is 4.37 Å². The Kier molecular flexibility index (Phi) is 3.32. The van der Waals surface area contributed by atoms with Crippen LogP contribution in [0.15, 0.2) is 0 Å². The van der Waals surface area contributed by atoms with Crippen LogP contribution in [-0.2, 0) is 0 Å². The molecule has 1 aromatic heterocycles. The molecule has 1 aromatic rings. The van der Waals surface area contributed by atoms with Gasteiger partial charge in [0.1, 0.15) is 0 Å². The number of hydrazine groups is 1. The summed E-state index contributed by atoms with van der Waals surface area (Å²) in [7, 11) is 3.79. The van der Waals surface area contributed by atoms with Crippen LogP contribution in [0.5, 0.6) is 5.75 Å². The van der Waals surface area contributed by atoms with E-state index in [2.05, 4.69) is 9.80 Å². The predicted molar refractivity (Wildman–Crippen MR) is 55.0 cm³/mol. The van der Waals surface area contributed by atoms with E-state index in [9.17, 15) is 0 Å². The first-order valence-electron chi connectivity index (χ1n) is 3.97. The number of aromatic nitrogens is 1. The van der Waals surface area contributed by atoms with Crippen molar-refractivity contribution in [3.63, 3.8) is 0 Å². The standard InChI is InChI=1S/C7H14N4OS/c1-4-12-5-6(8)10-13-7(5)9-11(2)3/h9H,4H2,1-3H3,(H2,8,10). The van der Waals surface area contributed by atoms with E-state index in [1.807, 2.05) is 26.0 Å². The first kappa shape index (κ1) is 10.1. The minimum absolute atomic E-state index is 0.441. The fourth-order valence-corrected chi connectivity index (χ4v) is 1.59. The average molecular weight is 202 g/mol. The maximum atomic E-state index is 5.62. The van der Waals surface area contributed by atoms with Crippen LogP contribution in [0, 0.1) is 0 Å². The van der Waals surface area contributed by atoms with Gasteiger partial charge in [0, 0.05) is 14.1 Å². The number of rotatable bonds is 4. The van der Waals surface area contributed by atoms with Gasteiger partial charge in [-0.1, -0.05) is 0 Å². The van der Waals surface area contributed by atoms with E-state index < -0.39 is 0 Å². The Morgan fingerprint density at radius 1 is 1.62 bits per heavy atom. The summed E-state index contributed by atoms with van der Waals surface area (Å²) in [6.45, 7) is 2.50. The molecular weight excluding hydrogens is 188 g/mol. The van der Waals surface area contributed by atoms with Crippen LogP contribution in [0.3, 0.4) is 0 Å².